The summed E-state index contributed by atoms with van der Waals surface area (Å²) in [6, 6.07) is -0.0605. The highest BCUT2D eigenvalue weighted by atomic mass is 16.1. The molecule has 0 aromatic rings. The van der Waals surface area contributed by atoms with Crippen LogP contribution in [0.1, 0.15) is 52.4 Å². The number of carbonyl (C=O) groups is 1. The molecule has 0 bridgehead atoms. The van der Waals surface area contributed by atoms with Gasteiger partial charge in [0.2, 0.25) is 5.91 Å². The van der Waals surface area contributed by atoms with Crippen LogP contribution in [0.15, 0.2) is 0 Å². The van der Waals surface area contributed by atoms with Crippen molar-refractivity contribution in [1.29, 1.82) is 0 Å². The van der Waals surface area contributed by atoms with Crippen LogP contribution in [0.2, 0.25) is 0 Å². The van der Waals surface area contributed by atoms with Gasteiger partial charge in [0.25, 0.3) is 0 Å². The highest BCUT2D eigenvalue weighted by Crippen LogP contribution is 2.25. The Labute approximate surface area is 99.2 Å². The molecule has 1 amide bonds. The van der Waals surface area contributed by atoms with Crippen LogP contribution in [0, 0.1) is 11.8 Å². The molecule has 0 heterocycles. The lowest BCUT2D eigenvalue weighted by atomic mass is 9.87. The Morgan fingerprint density at radius 3 is 2.50 bits per heavy atom. The number of hydrogen-bond donors (Lipinski definition) is 2. The number of amides is 1. The maximum atomic E-state index is 11.6. The lowest BCUT2D eigenvalue weighted by molar-refractivity contribution is -0.124. The van der Waals surface area contributed by atoms with Gasteiger partial charge in [-0.25, -0.2) is 0 Å². The Balaban J connectivity index is 2.12. The number of carbonyl (C=O) groups excluding carboxylic acids is 1. The first-order valence-corrected chi connectivity index (χ1v) is 6.64. The van der Waals surface area contributed by atoms with Gasteiger partial charge in [-0.2, -0.15) is 0 Å². The molecule has 2 atom stereocenters. The molecule has 3 heteroatoms. The third-order valence-electron chi connectivity index (χ3n) is 3.78. The van der Waals surface area contributed by atoms with E-state index in [0.717, 1.165) is 18.9 Å². The van der Waals surface area contributed by atoms with Crippen LogP contribution in [0.25, 0.3) is 0 Å². The predicted molar refractivity (Wildman–Crippen MR) is 67.0 cm³/mol. The number of rotatable bonds is 5. The molecule has 1 aliphatic rings. The van der Waals surface area contributed by atoms with Crippen LogP contribution in [0.5, 0.6) is 0 Å². The second-order valence-electron chi connectivity index (χ2n) is 5.23. The molecule has 3 N–H and O–H groups in total. The molecular formula is C13H26N2O. The van der Waals surface area contributed by atoms with Crippen molar-refractivity contribution in [3.05, 3.63) is 0 Å². The molecule has 1 rings (SSSR count). The molecule has 0 aromatic carbocycles. The van der Waals surface area contributed by atoms with Crippen LogP contribution < -0.4 is 11.1 Å². The Morgan fingerprint density at radius 1 is 1.31 bits per heavy atom. The number of nitrogens with two attached hydrogens (primary N) is 1. The van der Waals surface area contributed by atoms with E-state index >= 15 is 0 Å². The second kappa shape index (κ2) is 6.89. The lowest BCUT2D eigenvalue weighted by Gasteiger charge is -2.22. The minimum atomic E-state index is -0.0774. The van der Waals surface area contributed by atoms with Crippen LogP contribution in [0.4, 0.5) is 0 Å². The van der Waals surface area contributed by atoms with E-state index in [-0.39, 0.29) is 17.9 Å². The fourth-order valence-electron chi connectivity index (χ4n) is 2.28. The van der Waals surface area contributed by atoms with E-state index in [1.165, 1.54) is 32.1 Å². The first-order chi connectivity index (χ1) is 7.61. The van der Waals surface area contributed by atoms with E-state index in [1.807, 2.05) is 13.8 Å². The zero-order valence-electron chi connectivity index (χ0n) is 10.7. The van der Waals surface area contributed by atoms with Gasteiger partial charge in [-0.05, 0) is 19.3 Å². The molecular weight excluding hydrogens is 200 g/mol. The van der Waals surface area contributed by atoms with E-state index in [9.17, 15) is 4.79 Å². The van der Waals surface area contributed by atoms with Gasteiger partial charge in [-0.15, -0.1) is 0 Å². The van der Waals surface area contributed by atoms with E-state index in [4.69, 9.17) is 5.73 Å². The van der Waals surface area contributed by atoms with Crippen molar-refractivity contribution >= 4 is 5.91 Å². The highest BCUT2D eigenvalue weighted by molar-refractivity contribution is 5.78. The van der Waals surface area contributed by atoms with Crippen LogP contribution >= 0.6 is 0 Å². The number of nitrogens with one attached hydrogen (secondary N) is 1. The molecule has 16 heavy (non-hydrogen) atoms. The summed E-state index contributed by atoms with van der Waals surface area (Å²) in [5.74, 6) is 0.858. The highest BCUT2D eigenvalue weighted by Gasteiger charge is 2.17. The van der Waals surface area contributed by atoms with Crippen molar-refractivity contribution in [2.75, 3.05) is 6.54 Å². The fourth-order valence-corrected chi connectivity index (χ4v) is 2.28. The topological polar surface area (TPSA) is 55.1 Å². The zero-order chi connectivity index (χ0) is 12.0. The predicted octanol–water partition coefficient (Wildman–Crippen LogP) is 2.06. The molecule has 0 saturated heterocycles. The monoisotopic (exact) mass is 226 g/mol. The van der Waals surface area contributed by atoms with Gasteiger partial charge in [0.15, 0.2) is 0 Å². The summed E-state index contributed by atoms with van der Waals surface area (Å²) in [5.41, 5.74) is 5.69. The third-order valence-corrected chi connectivity index (χ3v) is 3.78. The summed E-state index contributed by atoms with van der Waals surface area (Å²) < 4.78 is 0. The Hall–Kier alpha value is -0.570. The van der Waals surface area contributed by atoms with E-state index in [1.54, 1.807) is 0 Å². The summed E-state index contributed by atoms with van der Waals surface area (Å²) in [6.07, 6.45) is 7.96. The van der Waals surface area contributed by atoms with Crippen LogP contribution in [0.3, 0.4) is 0 Å². The van der Waals surface area contributed by atoms with Gasteiger partial charge in [-0.3, -0.25) is 4.79 Å². The molecule has 3 nitrogen and oxygen atoms in total. The van der Waals surface area contributed by atoms with E-state index < -0.39 is 0 Å². The fraction of sp³-hybridized carbons (Fsp3) is 0.923. The van der Waals surface area contributed by atoms with Gasteiger partial charge in [0.1, 0.15) is 0 Å². The van der Waals surface area contributed by atoms with E-state index in [2.05, 4.69) is 5.32 Å². The van der Waals surface area contributed by atoms with Crippen molar-refractivity contribution in [3.8, 4) is 0 Å². The quantitative estimate of drug-likeness (QED) is 0.754. The largest absolute Gasteiger partial charge is 0.356 e. The molecule has 0 aromatic heterocycles. The molecule has 1 aliphatic carbocycles. The summed E-state index contributed by atoms with van der Waals surface area (Å²) in [7, 11) is 0. The van der Waals surface area contributed by atoms with Gasteiger partial charge in [-0.1, -0.05) is 39.0 Å². The minimum Gasteiger partial charge on any atom is -0.356 e. The van der Waals surface area contributed by atoms with E-state index in [0.29, 0.717) is 0 Å². The normalized spacial score (nSPS) is 21.4. The Kier molecular flexibility index (Phi) is 5.81. The Morgan fingerprint density at radius 2 is 1.94 bits per heavy atom. The van der Waals surface area contributed by atoms with Crippen molar-refractivity contribution in [1.82, 2.24) is 5.32 Å². The maximum Gasteiger partial charge on any atom is 0.224 e. The van der Waals surface area contributed by atoms with Crippen molar-refractivity contribution in [3.63, 3.8) is 0 Å². The van der Waals surface area contributed by atoms with Crippen molar-refractivity contribution < 1.29 is 4.79 Å². The average Bonchev–Trinajstić information content (AvgIpc) is 2.29. The number of hydrogen-bond acceptors (Lipinski definition) is 2. The lowest BCUT2D eigenvalue weighted by Crippen LogP contribution is -2.39. The molecule has 94 valence electrons. The standard InChI is InChI=1S/C13H26N2O/c1-10(11(2)14)13(16)15-9-8-12-6-4-3-5-7-12/h10-12H,3-9,14H2,1-2H3,(H,15,16). The second-order valence-corrected chi connectivity index (χ2v) is 5.23. The minimum absolute atomic E-state index is 0.0605. The smallest absolute Gasteiger partial charge is 0.224 e. The summed E-state index contributed by atoms with van der Waals surface area (Å²) >= 11 is 0. The SMILES string of the molecule is CC(N)C(C)C(=O)NCCC1CCCCC1. The summed E-state index contributed by atoms with van der Waals surface area (Å²) in [4.78, 5) is 11.6. The van der Waals surface area contributed by atoms with Gasteiger partial charge < -0.3 is 11.1 Å². The van der Waals surface area contributed by atoms with Crippen LogP contribution in [-0.2, 0) is 4.79 Å². The third kappa shape index (κ3) is 4.52. The Bertz CT molecular complexity index is 210. The van der Waals surface area contributed by atoms with Gasteiger partial charge in [0, 0.05) is 18.5 Å². The maximum absolute atomic E-state index is 11.6. The van der Waals surface area contributed by atoms with Gasteiger partial charge >= 0.3 is 0 Å². The van der Waals surface area contributed by atoms with Crippen molar-refractivity contribution in [2.45, 2.75) is 58.4 Å². The summed E-state index contributed by atoms with van der Waals surface area (Å²) in [5, 5.41) is 2.99. The van der Waals surface area contributed by atoms with Gasteiger partial charge in [0.05, 0.1) is 0 Å². The molecule has 1 saturated carbocycles. The molecule has 2 unspecified atom stereocenters. The zero-order valence-corrected chi connectivity index (χ0v) is 10.7. The molecule has 0 aliphatic heterocycles. The average molecular weight is 226 g/mol. The molecule has 0 radical (unpaired) electrons. The van der Waals surface area contributed by atoms with Crippen molar-refractivity contribution in [2.24, 2.45) is 17.6 Å². The first kappa shape index (κ1) is 13.5. The molecule has 0 spiro atoms. The van der Waals surface area contributed by atoms with Crippen LogP contribution in [-0.4, -0.2) is 18.5 Å². The summed E-state index contributed by atoms with van der Waals surface area (Å²) in [6.45, 7) is 4.59. The molecule has 1 fully saturated rings. The first-order valence-electron chi connectivity index (χ1n) is 6.64.